The monoisotopic (exact) mass is 383 g/mol. The highest BCUT2D eigenvalue weighted by molar-refractivity contribution is 14.0. The van der Waals surface area contributed by atoms with Gasteiger partial charge in [-0.1, -0.05) is 12.8 Å². The second-order valence-corrected chi connectivity index (χ2v) is 6.53. The van der Waals surface area contributed by atoms with Gasteiger partial charge in [-0.05, 0) is 45.4 Å². The molecule has 4 nitrogen and oxygen atoms in total. The minimum absolute atomic E-state index is 0. The average Bonchev–Trinajstić information content (AvgIpc) is 2.71. The number of nitrogens with one attached hydrogen (secondary N) is 1. The lowest BCUT2D eigenvalue weighted by Gasteiger charge is -2.28. The molecule has 0 atom stereocenters. The van der Waals surface area contributed by atoms with E-state index in [-0.39, 0.29) is 29.5 Å². The number of ether oxygens (including phenoxy) is 1. The van der Waals surface area contributed by atoms with Gasteiger partial charge < -0.3 is 15.8 Å². The van der Waals surface area contributed by atoms with Gasteiger partial charge in [0.25, 0.3) is 0 Å². The number of nitrogens with zero attached hydrogens (tertiary/aromatic N) is 1. The molecule has 0 saturated heterocycles. The van der Waals surface area contributed by atoms with Gasteiger partial charge in [-0.3, -0.25) is 4.99 Å². The molecule has 1 aliphatic carbocycles. The molecule has 1 fully saturated rings. The van der Waals surface area contributed by atoms with E-state index in [4.69, 9.17) is 10.5 Å². The number of hydrogen-bond acceptors (Lipinski definition) is 2. The second kappa shape index (κ2) is 8.29. The first-order valence-electron chi connectivity index (χ1n) is 6.94. The fraction of sp³-hybridized carbons (Fsp3) is 0.929. The maximum atomic E-state index is 5.93. The minimum atomic E-state index is -0.0248. The van der Waals surface area contributed by atoms with E-state index in [0.717, 1.165) is 19.6 Å². The summed E-state index contributed by atoms with van der Waals surface area (Å²) < 4.78 is 5.22. The van der Waals surface area contributed by atoms with Gasteiger partial charge in [-0.15, -0.1) is 24.0 Å². The molecule has 0 radical (unpaired) electrons. The predicted molar refractivity (Wildman–Crippen MR) is 92.2 cm³/mol. The molecule has 0 aromatic rings. The van der Waals surface area contributed by atoms with Gasteiger partial charge >= 0.3 is 0 Å². The lowest BCUT2D eigenvalue weighted by molar-refractivity contribution is 0.141. The molecule has 0 heterocycles. The van der Waals surface area contributed by atoms with Crippen molar-refractivity contribution in [2.24, 2.45) is 16.1 Å². The summed E-state index contributed by atoms with van der Waals surface area (Å²) >= 11 is 0. The highest BCUT2D eigenvalue weighted by Gasteiger charge is 2.33. The zero-order chi connectivity index (χ0) is 13.6. The third-order valence-corrected chi connectivity index (χ3v) is 3.59. The minimum Gasteiger partial charge on any atom is -0.385 e. The van der Waals surface area contributed by atoms with Crippen molar-refractivity contribution in [3.63, 3.8) is 0 Å². The first-order chi connectivity index (χ1) is 8.37. The van der Waals surface area contributed by atoms with E-state index in [0.29, 0.717) is 11.4 Å². The van der Waals surface area contributed by atoms with Crippen LogP contribution in [0.5, 0.6) is 0 Å². The lowest BCUT2D eigenvalue weighted by atomic mass is 9.83. The normalized spacial score (nSPS) is 19.1. The van der Waals surface area contributed by atoms with Crippen molar-refractivity contribution in [2.45, 2.75) is 58.4 Å². The summed E-state index contributed by atoms with van der Waals surface area (Å²) in [6, 6.07) is 0. The fourth-order valence-electron chi connectivity index (χ4n) is 2.61. The molecule has 3 N–H and O–H groups in total. The summed E-state index contributed by atoms with van der Waals surface area (Å²) in [6.07, 6.45) is 6.22. The zero-order valence-corrected chi connectivity index (χ0v) is 15.1. The Hall–Kier alpha value is -0.0400. The Bertz CT molecular complexity index is 281. The SMILES string of the molecule is COCCC1(CN=C(N)NC(C)(C)C)CCCC1.I. The Morgan fingerprint density at radius 3 is 2.37 bits per heavy atom. The summed E-state index contributed by atoms with van der Waals surface area (Å²) in [5, 5.41) is 3.21. The Morgan fingerprint density at radius 2 is 1.89 bits per heavy atom. The van der Waals surface area contributed by atoms with Crippen LogP contribution in [0.25, 0.3) is 0 Å². The maximum Gasteiger partial charge on any atom is 0.189 e. The van der Waals surface area contributed by atoms with Gasteiger partial charge in [-0.25, -0.2) is 0 Å². The third-order valence-electron chi connectivity index (χ3n) is 3.59. The van der Waals surface area contributed by atoms with Gasteiger partial charge in [0.1, 0.15) is 0 Å². The zero-order valence-electron chi connectivity index (χ0n) is 12.8. The lowest BCUT2D eigenvalue weighted by Crippen LogP contribution is -2.45. The smallest absolute Gasteiger partial charge is 0.189 e. The van der Waals surface area contributed by atoms with Gasteiger partial charge in [0.15, 0.2) is 5.96 Å². The van der Waals surface area contributed by atoms with Crippen LogP contribution in [0.15, 0.2) is 4.99 Å². The fourth-order valence-corrected chi connectivity index (χ4v) is 2.61. The Kier molecular flexibility index (Phi) is 8.27. The summed E-state index contributed by atoms with van der Waals surface area (Å²) in [5.74, 6) is 0.561. The summed E-state index contributed by atoms with van der Waals surface area (Å²) in [4.78, 5) is 4.54. The van der Waals surface area contributed by atoms with E-state index in [1.54, 1.807) is 7.11 Å². The van der Waals surface area contributed by atoms with Crippen LogP contribution in [0.4, 0.5) is 0 Å². The Balaban J connectivity index is 0.00000324. The van der Waals surface area contributed by atoms with Crippen LogP contribution in [-0.2, 0) is 4.74 Å². The molecule has 5 heteroatoms. The number of rotatable bonds is 5. The third kappa shape index (κ3) is 7.34. The van der Waals surface area contributed by atoms with Gasteiger partial charge in [0.2, 0.25) is 0 Å². The number of methoxy groups -OCH3 is 1. The molecule has 0 amide bonds. The van der Waals surface area contributed by atoms with Crippen molar-refractivity contribution in [3.05, 3.63) is 0 Å². The van der Waals surface area contributed by atoms with Crippen LogP contribution in [0.1, 0.15) is 52.9 Å². The van der Waals surface area contributed by atoms with Crippen molar-refractivity contribution in [3.8, 4) is 0 Å². The van der Waals surface area contributed by atoms with Crippen LogP contribution in [0, 0.1) is 5.41 Å². The molecule has 1 saturated carbocycles. The summed E-state index contributed by atoms with van der Waals surface area (Å²) in [5.41, 5.74) is 6.23. The summed E-state index contributed by atoms with van der Waals surface area (Å²) in [6.45, 7) is 7.91. The highest BCUT2D eigenvalue weighted by Crippen LogP contribution is 2.41. The molecule has 114 valence electrons. The molecule has 0 aromatic carbocycles. The van der Waals surface area contributed by atoms with Crippen molar-refractivity contribution in [1.29, 1.82) is 0 Å². The van der Waals surface area contributed by atoms with Crippen LogP contribution < -0.4 is 11.1 Å². The van der Waals surface area contributed by atoms with Crippen LogP contribution in [-0.4, -0.2) is 31.8 Å². The summed E-state index contributed by atoms with van der Waals surface area (Å²) in [7, 11) is 1.77. The van der Waals surface area contributed by atoms with E-state index in [1.165, 1.54) is 25.7 Å². The molecular weight excluding hydrogens is 353 g/mol. The largest absolute Gasteiger partial charge is 0.385 e. The molecule has 0 spiro atoms. The highest BCUT2D eigenvalue weighted by atomic mass is 127. The van der Waals surface area contributed by atoms with Crippen molar-refractivity contribution in [2.75, 3.05) is 20.3 Å². The quantitative estimate of drug-likeness (QED) is 0.436. The van der Waals surface area contributed by atoms with Gasteiger partial charge in [-0.2, -0.15) is 0 Å². The van der Waals surface area contributed by atoms with Crippen molar-refractivity contribution in [1.82, 2.24) is 5.32 Å². The average molecular weight is 383 g/mol. The molecule has 0 unspecified atom stereocenters. The predicted octanol–water partition coefficient (Wildman–Crippen LogP) is 2.90. The maximum absolute atomic E-state index is 5.93. The number of nitrogens with two attached hydrogens (primary N) is 1. The van der Waals surface area contributed by atoms with E-state index >= 15 is 0 Å². The van der Waals surface area contributed by atoms with Crippen LogP contribution >= 0.6 is 24.0 Å². The number of aliphatic imine (C=N–C) groups is 1. The second-order valence-electron chi connectivity index (χ2n) is 6.53. The van der Waals surface area contributed by atoms with Crippen LogP contribution in [0.2, 0.25) is 0 Å². The molecule has 0 bridgehead atoms. The Labute approximate surface area is 135 Å². The molecule has 1 aliphatic rings. The first kappa shape index (κ1) is 19.0. The topological polar surface area (TPSA) is 59.6 Å². The molecule has 1 rings (SSSR count). The molecule has 0 aromatic heterocycles. The molecular formula is C14H30IN3O. The van der Waals surface area contributed by atoms with E-state index in [9.17, 15) is 0 Å². The Morgan fingerprint density at radius 1 is 1.32 bits per heavy atom. The molecule has 19 heavy (non-hydrogen) atoms. The van der Waals surface area contributed by atoms with Gasteiger partial charge in [0, 0.05) is 25.8 Å². The number of halogens is 1. The first-order valence-corrected chi connectivity index (χ1v) is 6.94. The van der Waals surface area contributed by atoms with Crippen molar-refractivity contribution < 1.29 is 4.74 Å². The standard InChI is InChI=1S/C14H29N3O.HI/c1-13(2,3)17-12(15)16-11-14(9-10-18-4)7-5-6-8-14;/h5-11H2,1-4H3,(H3,15,16,17);1H. The van der Waals surface area contributed by atoms with E-state index in [2.05, 4.69) is 31.1 Å². The van der Waals surface area contributed by atoms with Crippen LogP contribution in [0.3, 0.4) is 0 Å². The molecule has 0 aliphatic heterocycles. The number of hydrogen-bond donors (Lipinski definition) is 2. The number of guanidine groups is 1. The van der Waals surface area contributed by atoms with Crippen molar-refractivity contribution >= 4 is 29.9 Å². The van der Waals surface area contributed by atoms with Gasteiger partial charge in [0.05, 0.1) is 0 Å². The van der Waals surface area contributed by atoms with E-state index in [1.807, 2.05) is 0 Å². The van der Waals surface area contributed by atoms with E-state index < -0.39 is 0 Å².